The molecule has 86 valence electrons. The van der Waals surface area contributed by atoms with Crippen LogP contribution in [-0.4, -0.2) is 0 Å². The van der Waals surface area contributed by atoms with Gasteiger partial charge >= 0.3 is 0 Å². The Bertz CT molecular complexity index is 251. The van der Waals surface area contributed by atoms with Crippen LogP contribution in [-0.2, 0) is 0 Å². The third-order valence-corrected chi connectivity index (χ3v) is 5.15. The first-order chi connectivity index (χ1) is 7.03. The lowest BCUT2D eigenvalue weighted by Gasteiger charge is -2.49. The molecule has 0 aromatic carbocycles. The van der Waals surface area contributed by atoms with Crippen LogP contribution in [0.2, 0.25) is 0 Å². The molecule has 0 nitrogen and oxygen atoms in total. The molecule has 0 aliphatic heterocycles. The minimum absolute atomic E-state index is 0.612. The van der Waals surface area contributed by atoms with Crippen molar-refractivity contribution in [3.63, 3.8) is 0 Å². The van der Waals surface area contributed by atoms with Gasteiger partial charge in [-0.1, -0.05) is 32.9 Å². The quantitative estimate of drug-likeness (QED) is 0.540. The van der Waals surface area contributed by atoms with Gasteiger partial charge in [0.2, 0.25) is 0 Å². The second kappa shape index (κ2) is 3.96. The minimum atomic E-state index is 0.612. The second-order valence-electron chi connectivity index (χ2n) is 6.50. The van der Waals surface area contributed by atoms with Crippen molar-refractivity contribution < 1.29 is 0 Å². The lowest BCUT2D eigenvalue weighted by Crippen LogP contribution is -2.39. The molecule has 0 saturated heterocycles. The van der Waals surface area contributed by atoms with Crippen LogP contribution in [0.15, 0.2) is 12.2 Å². The number of hydrogen-bond acceptors (Lipinski definition) is 0. The Morgan fingerprint density at radius 1 is 1.33 bits per heavy atom. The van der Waals surface area contributed by atoms with Gasteiger partial charge in [0, 0.05) is 0 Å². The summed E-state index contributed by atoms with van der Waals surface area (Å²) in [6, 6.07) is 0. The highest BCUT2D eigenvalue weighted by molar-refractivity contribution is 5.12. The summed E-state index contributed by atoms with van der Waals surface area (Å²) in [6.45, 7) is 11.6. The molecule has 0 unspecified atom stereocenters. The van der Waals surface area contributed by atoms with Crippen LogP contribution < -0.4 is 0 Å². The van der Waals surface area contributed by atoms with Crippen molar-refractivity contribution in [3.8, 4) is 0 Å². The summed E-state index contributed by atoms with van der Waals surface area (Å²) in [4.78, 5) is 0. The van der Waals surface area contributed by atoms with E-state index in [9.17, 15) is 0 Å². The Morgan fingerprint density at radius 3 is 2.73 bits per heavy atom. The van der Waals surface area contributed by atoms with Gasteiger partial charge in [0.1, 0.15) is 0 Å². The predicted molar refractivity (Wildman–Crippen MR) is 66.8 cm³/mol. The summed E-state index contributed by atoms with van der Waals surface area (Å²) in [5.74, 6) is 2.66. The molecule has 15 heavy (non-hydrogen) atoms. The summed E-state index contributed by atoms with van der Waals surface area (Å²) in [6.07, 6.45) is 8.45. The average Bonchev–Trinajstić information content (AvgIpc) is 2.17. The summed E-state index contributed by atoms with van der Waals surface area (Å²) >= 11 is 0. The second-order valence-corrected chi connectivity index (χ2v) is 6.50. The van der Waals surface area contributed by atoms with Crippen LogP contribution in [0.25, 0.3) is 0 Å². The van der Waals surface area contributed by atoms with Gasteiger partial charge in [-0.15, -0.1) is 0 Å². The summed E-state index contributed by atoms with van der Waals surface area (Å²) < 4.78 is 0. The fraction of sp³-hybridized carbons (Fsp3) is 0.867. The SMILES string of the molecule is C=C1CCC[C@@]2(C)CC[C@@H](C(C)C)C[C@@H]12. The predicted octanol–water partition coefficient (Wildman–Crippen LogP) is 4.81. The van der Waals surface area contributed by atoms with Crippen molar-refractivity contribution in [2.24, 2.45) is 23.2 Å². The standard InChI is InChI=1S/C15H26/c1-11(2)13-7-9-15(4)8-5-6-12(3)14(15)10-13/h11,13-14H,3,5-10H2,1-2,4H3/t13-,14+,15+/m1/s1. The minimum Gasteiger partial charge on any atom is -0.0996 e. The van der Waals surface area contributed by atoms with Gasteiger partial charge in [-0.05, 0) is 61.7 Å². The highest BCUT2D eigenvalue weighted by Crippen LogP contribution is 2.54. The normalized spacial score (nSPS) is 41.7. The molecule has 0 bridgehead atoms. The van der Waals surface area contributed by atoms with Gasteiger partial charge in [-0.3, -0.25) is 0 Å². The Kier molecular flexibility index (Phi) is 2.96. The molecule has 0 heteroatoms. The Morgan fingerprint density at radius 2 is 2.07 bits per heavy atom. The van der Waals surface area contributed by atoms with Crippen LogP contribution in [0.4, 0.5) is 0 Å². The van der Waals surface area contributed by atoms with E-state index in [-0.39, 0.29) is 0 Å². The lowest BCUT2D eigenvalue weighted by molar-refractivity contribution is 0.0583. The molecule has 3 atom stereocenters. The average molecular weight is 206 g/mol. The smallest absolute Gasteiger partial charge is 0.0149 e. The van der Waals surface area contributed by atoms with Crippen LogP contribution >= 0.6 is 0 Å². The molecule has 0 N–H and O–H groups in total. The van der Waals surface area contributed by atoms with Gasteiger partial charge in [-0.2, -0.15) is 0 Å². The summed E-state index contributed by atoms with van der Waals surface area (Å²) in [5, 5.41) is 0. The van der Waals surface area contributed by atoms with E-state index in [2.05, 4.69) is 27.4 Å². The van der Waals surface area contributed by atoms with Crippen LogP contribution in [0.1, 0.15) is 59.3 Å². The zero-order valence-electron chi connectivity index (χ0n) is 10.7. The van der Waals surface area contributed by atoms with E-state index in [0.717, 1.165) is 17.8 Å². The largest absolute Gasteiger partial charge is 0.0996 e. The van der Waals surface area contributed by atoms with E-state index in [0.29, 0.717) is 5.41 Å². The molecular weight excluding hydrogens is 180 g/mol. The highest BCUT2D eigenvalue weighted by atomic mass is 14.5. The van der Waals surface area contributed by atoms with Gasteiger partial charge in [-0.25, -0.2) is 0 Å². The Balaban J connectivity index is 2.12. The van der Waals surface area contributed by atoms with Gasteiger partial charge < -0.3 is 0 Å². The molecule has 2 aliphatic carbocycles. The maximum atomic E-state index is 4.34. The molecule has 2 rings (SSSR count). The van der Waals surface area contributed by atoms with Gasteiger partial charge in [0.15, 0.2) is 0 Å². The number of allylic oxidation sites excluding steroid dienone is 1. The van der Waals surface area contributed by atoms with E-state index in [1.165, 1.54) is 38.5 Å². The number of hydrogen-bond donors (Lipinski definition) is 0. The van der Waals surface area contributed by atoms with Crippen molar-refractivity contribution in [2.75, 3.05) is 0 Å². The number of fused-ring (bicyclic) bond motifs is 1. The van der Waals surface area contributed by atoms with E-state index in [1.807, 2.05) is 0 Å². The van der Waals surface area contributed by atoms with Crippen LogP contribution in [0.5, 0.6) is 0 Å². The Labute approximate surface area is 95.1 Å². The number of rotatable bonds is 1. The molecule has 0 spiro atoms. The zero-order chi connectivity index (χ0) is 11.1. The van der Waals surface area contributed by atoms with E-state index in [1.54, 1.807) is 5.57 Å². The summed E-state index contributed by atoms with van der Waals surface area (Å²) in [7, 11) is 0. The molecule has 0 radical (unpaired) electrons. The van der Waals surface area contributed by atoms with Crippen LogP contribution in [0.3, 0.4) is 0 Å². The van der Waals surface area contributed by atoms with E-state index >= 15 is 0 Å². The van der Waals surface area contributed by atoms with Gasteiger partial charge in [0.25, 0.3) is 0 Å². The zero-order valence-corrected chi connectivity index (χ0v) is 10.7. The molecule has 0 aromatic heterocycles. The first-order valence-electron chi connectivity index (χ1n) is 6.70. The molecule has 0 heterocycles. The first-order valence-corrected chi connectivity index (χ1v) is 6.70. The maximum Gasteiger partial charge on any atom is -0.0149 e. The fourth-order valence-corrected chi connectivity index (χ4v) is 3.85. The van der Waals surface area contributed by atoms with Crippen LogP contribution in [0, 0.1) is 23.2 Å². The van der Waals surface area contributed by atoms with Crippen molar-refractivity contribution in [1.29, 1.82) is 0 Å². The first kappa shape index (κ1) is 11.2. The monoisotopic (exact) mass is 206 g/mol. The van der Waals surface area contributed by atoms with Gasteiger partial charge in [0.05, 0.1) is 0 Å². The molecule has 0 aromatic rings. The van der Waals surface area contributed by atoms with E-state index < -0.39 is 0 Å². The third-order valence-electron chi connectivity index (χ3n) is 5.15. The molecule has 2 saturated carbocycles. The molecule has 2 aliphatic rings. The topological polar surface area (TPSA) is 0 Å². The fourth-order valence-electron chi connectivity index (χ4n) is 3.85. The highest BCUT2D eigenvalue weighted by Gasteiger charge is 2.43. The van der Waals surface area contributed by atoms with Crippen molar-refractivity contribution >= 4 is 0 Å². The maximum absolute atomic E-state index is 4.34. The van der Waals surface area contributed by atoms with Crippen molar-refractivity contribution in [2.45, 2.75) is 59.3 Å². The van der Waals surface area contributed by atoms with E-state index in [4.69, 9.17) is 0 Å². The lowest BCUT2D eigenvalue weighted by atomic mass is 9.56. The van der Waals surface area contributed by atoms with Crippen molar-refractivity contribution in [3.05, 3.63) is 12.2 Å². The third kappa shape index (κ3) is 2.00. The molecular formula is C15H26. The van der Waals surface area contributed by atoms with Crippen molar-refractivity contribution in [1.82, 2.24) is 0 Å². The molecule has 0 amide bonds. The summed E-state index contributed by atoms with van der Waals surface area (Å²) in [5.41, 5.74) is 2.18. The Hall–Kier alpha value is -0.260. The molecule has 2 fully saturated rings.